The largest absolute Gasteiger partial charge is 0.443 e. The lowest BCUT2D eigenvalue weighted by molar-refractivity contribution is 0.149. The Morgan fingerprint density at radius 1 is 1.31 bits per heavy atom. The molecule has 0 atom stereocenters. The zero-order valence-corrected chi connectivity index (χ0v) is 16.6. The number of anilines is 2. The molecule has 0 aliphatic rings. The van der Waals surface area contributed by atoms with Gasteiger partial charge in [0, 0.05) is 41.6 Å². The van der Waals surface area contributed by atoms with E-state index in [0.29, 0.717) is 34.2 Å². The molecule has 0 aliphatic heterocycles. The van der Waals surface area contributed by atoms with Crippen LogP contribution in [0, 0.1) is 0 Å². The molecular weight excluding hydrogens is 392 g/mol. The first kappa shape index (κ1) is 18.7. The molecule has 0 saturated heterocycles. The SMILES string of the molecule is CC(C)n1ccc2cc(-c3nsc(Nc4nccnc4COC(N)=O)n3)ncc21. The number of ether oxygens (including phenoxy) is 1. The average Bonchev–Trinajstić information content (AvgIpc) is 3.33. The molecule has 0 fully saturated rings. The van der Waals surface area contributed by atoms with Crippen LogP contribution in [-0.4, -0.2) is 35.0 Å². The molecule has 4 heterocycles. The summed E-state index contributed by atoms with van der Waals surface area (Å²) in [6.07, 6.45) is 6.02. The Labute approximate surface area is 170 Å². The van der Waals surface area contributed by atoms with Crippen molar-refractivity contribution < 1.29 is 9.53 Å². The smallest absolute Gasteiger partial charge is 0.404 e. The van der Waals surface area contributed by atoms with Crippen molar-refractivity contribution in [1.29, 1.82) is 0 Å². The minimum absolute atomic E-state index is 0.0950. The molecule has 3 N–H and O–H groups in total. The van der Waals surface area contributed by atoms with Crippen molar-refractivity contribution >= 4 is 39.5 Å². The van der Waals surface area contributed by atoms with Crippen LogP contribution in [-0.2, 0) is 11.3 Å². The van der Waals surface area contributed by atoms with Crippen molar-refractivity contribution in [3.05, 3.63) is 42.6 Å². The van der Waals surface area contributed by atoms with Crippen LogP contribution in [0.25, 0.3) is 22.4 Å². The molecule has 29 heavy (non-hydrogen) atoms. The van der Waals surface area contributed by atoms with Gasteiger partial charge in [-0.2, -0.15) is 9.36 Å². The number of rotatable bonds is 6. The van der Waals surface area contributed by atoms with Gasteiger partial charge in [0.2, 0.25) is 5.13 Å². The van der Waals surface area contributed by atoms with Gasteiger partial charge < -0.3 is 20.4 Å². The third kappa shape index (κ3) is 3.99. The van der Waals surface area contributed by atoms with E-state index < -0.39 is 6.09 Å². The zero-order chi connectivity index (χ0) is 20.4. The molecule has 0 saturated carbocycles. The summed E-state index contributed by atoms with van der Waals surface area (Å²) in [6.45, 7) is 4.16. The second-order valence-corrected chi connectivity index (χ2v) is 7.20. The number of carbonyl (C=O) groups excluding carboxylic acids is 1. The third-order valence-electron chi connectivity index (χ3n) is 4.17. The number of fused-ring (bicyclic) bond motifs is 1. The molecule has 0 aliphatic carbocycles. The van der Waals surface area contributed by atoms with E-state index in [4.69, 9.17) is 10.5 Å². The predicted octanol–water partition coefficient (Wildman–Crippen LogP) is 3.26. The molecule has 1 amide bonds. The first-order valence-electron chi connectivity index (χ1n) is 8.81. The highest BCUT2D eigenvalue weighted by atomic mass is 32.1. The van der Waals surface area contributed by atoms with Crippen molar-refractivity contribution in [3.63, 3.8) is 0 Å². The number of hydrogen-bond donors (Lipinski definition) is 2. The maximum atomic E-state index is 10.8. The number of aromatic nitrogens is 6. The molecule has 0 spiro atoms. The van der Waals surface area contributed by atoms with E-state index in [1.165, 1.54) is 23.9 Å². The second-order valence-electron chi connectivity index (χ2n) is 6.45. The van der Waals surface area contributed by atoms with Crippen LogP contribution in [0.4, 0.5) is 15.7 Å². The van der Waals surface area contributed by atoms with Crippen LogP contribution >= 0.6 is 11.5 Å². The topological polar surface area (TPSA) is 134 Å². The predicted molar refractivity (Wildman–Crippen MR) is 109 cm³/mol. The van der Waals surface area contributed by atoms with E-state index in [9.17, 15) is 4.79 Å². The van der Waals surface area contributed by atoms with Crippen molar-refractivity contribution in [2.45, 2.75) is 26.5 Å². The van der Waals surface area contributed by atoms with Crippen LogP contribution in [0.2, 0.25) is 0 Å². The van der Waals surface area contributed by atoms with Crippen LogP contribution in [0.3, 0.4) is 0 Å². The quantitative estimate of drug-likeness (QED) is 0.495. The van der Waals surface area contributed by atoms with Crippen LogP contribution in [0.1, 0.15) is 25.6 Å². The van der Waals surface area contributed by atoms with Gasteiger partial charge in [0.1, 0.15) is 18.0 Å². The lowest BCUT2D eigenvalue weighted by atomic mass is 10.2. The summed E-state index contributed by atoms with van der Waals surface area (Å²) in [4.78, 5) is 28.2. The van der Waals surface area contributed by atoms with Crippen molar-refractivity contribution in [3.8, 4) is 11.5 Å². The summed E-state index contributed by atoms with van der Waals surface area (Å²) in [5.74, 6) is 0.921. The number of amides is 1. The highest BCUT2D eigenvalue weighted by Gasteiger charge is 2.14. The van der Waals surface area contributed by atoms with Crippen LogP contribution < -0.4 is 11.1 Å². The fraction of sp³-hybridized carbons (Fsp3) is 0.222. The highest BCUT2D eigenvalue weighted by molar-refractivity contribution is 7.09. The Balaban J connectivity index is 1.56. The Hall–Kier alpha value is -3.60. The summed E-state index contributed by atoms with van der Waals surface area (Å²) in [7, 11) is 0. The first-order chi connectivity index (χ1) is 14.0. The fourth-order valence-electron chi connectivity index (χ4n) is 2.82. The van der Waals surface area contributed by atoms with E-state index in [0.717, 1.165) is 10.9 Å². The van der Waals surface area contributed by atoms with Gasteiger partial charge in [0.15, 0.2) is 11.6 Å². The van der Waals surface area contributed by atoms with Crippen molar-refractivity contribution in [2.24, 2.45) is 5.73 Å². The lowest BCUT2D eigenvalue weighted by Gasteiger charge is -2.08. The number of nitrogens with zero attached hydrogens (tertiary/aromatic N) is 6. The van der Waals surface area contributed by atoms with Gasteiger partial charge in [0.05, 0.1) is 11.7 Å². The minimum Gasteiger partial charge on any atom is -0.443 e. The molecule has 4 aromatic heterocycles. The molecule has 0 aromatic carbocycles. The normalized spacial score (nSPS) is 11.1. The van der Waals surface area contributed by atoms with E-state index >= 15 is 0 Å². The summed E-state index contributed by atoms with van der Waals surface area (Å²) in [6, 6.07) is 4.37. The zero-order valence-electron chi connectivity index (χ0n) is 15.7. The Kier molecular flexibility index (Phi) is 5.04. The molecule has 10 nitrogen and oxygen atoms in total. The number of pyridine rings is 1. The van der Waals surface area contributed by atoms with Crippen LogP contribution in [0.5, 0.6) is 0 Å². The third-order valence-corrected chi connectivity index (χ3v) is 4.80. The molecule has 0 unspecified atom stereocenters. The van der Waals surface area contributed by atoms with E-state index in [-0.39, 0.29) is 6.61 Å². The average molecular weight is 410 g/mol. The Morgan fingerprint density at radius 2 is 2.14 bits per heavy atom. The monoisotopic (exact) mass is 410 g/mol. The number of nitrogens with one attached hydrogen (secondary N) is 1. The Morgan fingerprint density at radius 3 is 2.93 bits per heavy atom. The van der Waals surface area contributed by atoms with Gasteiger partial charge in [-0.1, -0.05) is 0 Å². The van der Waals surface area contributed by atoms with Gasteiger partial charge in [-0.05, 0) is 26.0 Å². The molecule has 4 rings (SSSR count). The molecule has 11 heteroatoms. The van der Waals surface area contributed by atoms with Crippen molar-refractivity contribution in [2.75, 3.05) is 5.32 Å². The van der Waals surface area contributed by atoms with Gasteiger partial charge >= 0.3 is 6.09 Å². The standard InChI is InChI=1S/C18H18N8O2S/c1-10(2)26-6-3-11-7-12(22-8-14(11)26)16-24-18(29-25-16)23-15-13(9-28-17(19)27)20-4-5-21-15/h3-8,10H,9H2,1-2H3,(H2,19,27)(H,21,23,24,25). The van der Waals surface area contributed by atoms with Crippen LogP contribution in [0.15, 0.2) is 36.9 Å². The molecule has 0 radical (unpaired) electrons. The number of carbonyl (C=O) groups is 1. The van der Waals surface area contributed by atoms with Gasteiger partial charge in [0.25, 0.3) is 0 Å². The lowest BCUT2D eigenvalue weighted by Crippen LogP contribution is -2.14. The number of primary amides is 1. The molecular formula is C18H18N8O2S. The molecule has 148 valence electrons. The summed E-state index contributed by atoms with van der Waals surface area (Å²) >= 11 is 1.17. The van der Waals surface area contributed by atoms with E-state index in [1.807, 2.05) is 18.5 Å². The number of nitrogens with two attached hydrogens (primary N) is 1. The van der Waals surface area contributed by atoms with E-state index in [2.05, 4.69) is 54.1 Å². The summed E-state index contributed by atoms with van der Waals surface area (Å²) in [5, 5.41) is 4.64. The van der Waals surface area contributed by atoms with Gasteiger partial charge in [-0.15, -0.1) is 0 Å². The maximum absolute atomic E-state index is 10.8. The summed E-state index contributed by atoms with van der Waals surface area (Å²) < 4.78 is 11.3. The van der Waals surface area contributed by atoms with Gasteiger partial charge in [-0.3, -0.25) is 9.97 Å². The first-order valence-corrected chi connectivity index (χ1v) is 9.58. The minimum atomic E-state index is -0.882. The maximum Gasteiger partial charge on any atom is 0.404 e. The molecule has 0 bridgehead atoms. The highest BCUT2D eigenvalue weighted by Crippen LogP contribution is 2.26. The van der Waals surface area contributed by atoms with Gasteiger partial charge in [-0.25, -0.2) is 9.78 Å². The van der Waals surface area contributed by atoms with Crippen molar-refractivity contribution in [1.82, 2.24) is 28.9 Å². The van der Waals surface area contributed by atoms with E-state index in [1.54, 1.807) is 0 Å². The fourth-order valence-corrected chi connectivity index (χ4v) is 3.40. The second kappa shape index (κ2) is 7.80. The molecule has 4 aromatic rings. The summed E-state index contributed by atoms with van der Waals surface area (Å²) in [5.41, 5.74) is 7.18. The number of hydrogen-bond acceptors (Lipinski definition) is 9. The Bertz CT molecular complexity index is 1170.